The second-order valence-electron chi connectivity index (χ2n) is 8.38. The lowest BCUT2D eigenvalue weighted by Gasteiger charge is -2.29. The second kappa shape index (κ2) is 11.0. The molecule has 1 fully saturated rings. The minimum Gasteiger partial charge on any atom is -0.322 e. The molecule has 1 aromatic rings. The number of rotatable bonds is 12. The topological polar surface area (TPSA) is 83.6 Å². The van der Waals surface area contributed by atoms with Crippen LogP contribution in [0.15, 0.2) is 18.2 Å². The molecular weight excluding hydrogens is 380 g/mol. The summed E-state index contributed by atoms with van der Waals surface area (Å²) >= 11 is 0. The molecule has 0 spiro atoms. The van der Waals surface area contributed by atoms with Gasteiger partial charge in [0.15, 0.2) is 0 Å². The number of fused-ring (bicyclic) bond motifs is 1. The van der Waals surface area contributed by atoms with Gasteiger partial charge in [-0.15, -0.1) is 0 Å². The highest BCUT2D eigenvalue weighted by Gasteiger charge is 2.39. The van der Waals surface area contributed by atoms with E-state index in [-0.39, 0.29) is 24.1 Å². The quantitative estimate of drug-likeness (QED) is 0.322. The molecule has 0 bridgehead atoms. The van der Waals surface area contributed by atoms with Crippen molar-refractivity contribution in [1.82, 2.24) is 10.2 Å². The first-order chi connectivity index (χ1) is 14.6. The summed E-state index contributed by atoms with van der Waals surface area (Å²) in [5, 5.41) is 2.35. The first-order valence-electron chi connectivity index (χ1n) is 11.3. The molecule has 162 valence electrons. The Morgan fingerprint density at radius 3 is 2.37 bits per heavy atom. The van der Waals surface area contributed by atoms with Crippen LogP contribution in [0.2, 0.25) is 0 Å². The van der Waals surface area contributed by atoms with Gasteiger partial charge in [-0.3, -0.25) is 19.7 Å². The zero-order valence-electron chi connectivity index (χ0n) is 17.7. The number of aryl methyl sites for hydroxylation is 1. The summed E-state index contributed by atoms with van der Waals surface area (Å²) in [6.45, 7) is 0.456. The number of hydrogen-bond acceptors (Lipinski definition) is 4. The molecule has 1 saturated heterocycles. The van der Waals surface area contributed by atoms with Gasteiger partial charge in [0.05, 0.1) is 0 Å². The molecule has 1 N–H and O–H groups in total. The number of carbonyl (C=O) groups is 4. The number of nitrogens with one attached hydrogen (secondary N) is 1. The van der Waals surface area contributed by atoms with E-state index in [4.69, 9.17) is 0 Å². The van der Waals surface area contributed by atoms with Gasteiger partial charge in [0.25, 0.3) is 5.91 Å². The summed E-state index contributed by atoms with van der Waals surface area (Å²) in [4.78, 5) is 48.4. The van der Waals surface area contributed by atoms with Gasteiger partial charge in [-0.05, 0) is 42.9 Å². The van der Waals surface area contributed by atoms with E-state index in [1.54, 1.807) is 4.90 Å². The van der Waals surface area contributed by atoms with Crippen LogP contribution in [0.25, 0.3) is 0 Å². The fraction of sp³-hybridized carbons (Fsp3) is 0.583. The number of amides is 3. The Labute approximate surface area is 178 Å². The fourth-order valence-electron chi connectivity index (χ4n) is 4.49. The lowest BCUT2D eigenvalue weighted by molar-refractivity contribution is -0.136. The van der Waals surface area contributed by atoms with Crippen molar-refractivity contribution >= 4 is 24.0 Å². The predicted octanol–water partition coefficient (Wildman–Crippen LogP) is 3.70. The Balaban J connectivity index is 1.45. The second-order valence-corrected chi connectivity index (χ2v) is 8.38. The third kappa shape index (κ3) is 5.55. The van der Waals surface area contributed by atoms with Crippen LogP contribution in [-0.2, 0) is 27.3 Å². The van der Waals surface area contributed by atoms with Crippen LogP contribution in [0, 0.1) is 0 Å². The number of nitrogens with zero attached hydrogens (tertiary/aromatic N) is 1. The normalized spacial score (nSPS) is 18.5. The highest BCUT2D eigenvalue weighted by atomic mass is 16.2. The maximum Gasteiger partial charge on any atom is 0.255 e. The average molecular weight is 413 g/mol. The van der Waals surface area contributed by atoms with E-state index < -0.39 is 6.04 Å². The molecule has 0 saturated carbocycles. The lowest BCUT2D eigenvalue weighted by atomic mass is 9.98. The third-order valence-electron chi connectivity index (χ3n) is 6.20. The Morgan fingerprint density at radius 1 is 0.967 bits per heavy atom. The summed E-state index contributed by atoms with van der Waals surface area (Å²) < 4.78 is 0. The zero-order valence-corrected chi connectivity index (χ0v) is 17.7. The summed E-state index contributed by atoms with van der Waals surface area (Å²) in [6, 6.07) is 5.31. The molecule has 2 heterocycles. The maximum absolute atomic E-state index is 12.9. The van der Waals surface area contributed by atoms with Crippen LogP contribution < -0.4 is 5.32 Å². The zero-order chi connectivity index (χ0) is 21.3. The number of carbonyl (C=O) groups excluding carboxylic acids is 4. The number of imide groups is 1. The van der Waals surface area contributed by atoms with Crippen molar-refractivity contribution in [3.63, 3.8) is 0 Å². The van der Waals surface area contributed by atoms with Gasteiger partial charge in [0.1, 0.15) is 12.3 Å². The number of unbranched alkanes of at least 4 members (excludes halogenated alkanes) is 8. The van der Waals surface area contributed by atoms with Gasteiger partial charge in [0, 0.05) is 24.9 Å². The van der Waals surface area contributed by atoms with Crippen molar-refractivity contribution in [3.8, 4) is 0 Å². The molecule has 3 amide bonds. The standard InChI is InChI=1S/C24H32N2O4/c27-16-9-7-5-3-1-2-4-6-8-11-18-12-10-13-19-20(18)17-26(24(19)30)21-14-15-22(28)25-23(21)29/h10,12-13,16,21H,1-9,11,14-15,17H2,(H,25,28,29). The Kier molecular flexibility index (Phi) is 8.17. The summed E-state index contributed by atoms with van der Waals surface area (Å²) in [5.74, 6) is -0.724. The molecule has 0 aliphatic carbocycles. The van der Waals surface area contributed by atoms with Crippen LogP contribution in [-0.4, -0.2) is 34.9 Å². The molecule has 6 heteroatoms. The summed E-state index contributed by atoms with van der Waals surface area (Å²) in [5.41, 5.74) is 2.94. The first-order valence-corrected chi connectivity index (χ1v) is 11.3. The fourth-order valence-corrected chi connectivity index (χ4v) is 4.49. The largest absolute Gasteiger partial charge is 0.322 e. The highest BCUT2D eigenvalue weighted by Crippen LogP contribution is 2.30. The van der Waals surface area contributed by atoms with Gasteiger partial charge in [-0.25, -0.2) is 0 Å². The molecular formula is C24H32N2O4. The van der Waals surface area contributed by atoms with Crippen LogP contribution in [0.1, 0.15) is 92.1 Å². The molecule has 1 atom stereocenters. The molecule has 0 aromatic heterocycles. The monoisotopic (exact) mass is 412 g/mol. The van der Waals surface area contributed by atoms with Crippen molar-refractivity contribution < 1.29 is 19.2 Å². The van der Waals surface area contributed by atoms with E-state index in [0.29, 0.717) is 24.9 Å². The molecule has 2 aliphatic rings. The van der Waals surface area contributed by atoms with Crippen LogP contribution >= 0.6 is 0 Å². The van der Waals surface area contributed by atoms with Crippen LogP contribution in [0.3, 0.4) is 0 Å². The Bertz CT molecular complexity index is 789. The highest BCUT2D eigenvalue weighted by molar-refractivity contribution is 6.05. The Morgan fingerprint density at radius 2 is 1.67 bits per heavy atom. The van der Waals surface area contributed by atoms with E-state index in [2.05, 4.69) is 11.4 Å². The molecule has 0 radical (unpaired) electrons. The van der Waals surface area contributed by atoms with E-state index in [1.165, 1.54) is 37.7 Å². The third-order valence-corrected chi connectivity index (χ3v) is 6.20. The smallest absolute Gasteiger partial charge is 0.255 e. The van der Waals surface area contributed by atoms with Gasteiger partial charge < -0.3 is 9.69 Å². The van der Waals surface area contributed by atoms with E-state index in [9.17, 15) is 19.2 Å². The number of hydrogen-bond donors (Lipinski definition) is 1. The van der Waals surface area contributed by atoms with Gasteiger partial charge in [-0.1, -0.05) is 50.7 Å². The minimum absolute atomic E-state index is 0.101. The van der Waals surface area contributed by atoms with Crippen molar-refractivity contribution in [2.45, 2.75) is 89.6 Å². The van der Waals surface area contributed by atoms with Crippen molar-refractivity contribution in [1.29, 1.82) is 0 Å². The molecule has 3 rings (SSSR count). The lowest BCUT2D eigenvalue weighted by Crippen LogP contribution is -2.52. The van der Waals surface area contributed by atoms with Crippen LogP contribution in [0.4, 0.5) is 0 Å². The van der Waals surface area contributed by atoms with Crippen LogP contribution in [0.5, 0.6) is 0 Å². The van der Waals surface area contributed by atoms with Gasteiger partial charge >= 0.3 is 0 Å². The summed E-state index contributed by atoms with van der Waals surface area (Å²) in [7, 11) is 0. The van der Waals surface area contributed by atoms with Gasteiger partial charge in [-0.2, -0.15) is 0 Å². The Hall–Kier alpha value is -2.50. The van der Waals surface area contributed by atoms with E-state index in [0.717, 1.165) is 37.5 Å². The maximum atomic E-state index is 12.9. The number of piperidine rings is 1. The van der Waals surface area contributed by atoms with E-state index in [1.807, 2.05) is 12.1 Å². The molecule has 1 unspecified atom stereocenters. The molecule has 1 aromatic carbocycles. The SMILES string of the molecule is O=CCCCCCCCCCCc1cccc2c1CN(C1CCC(=O)NC1=O)C2=O. The number of aldehydes is 1. The summed E-state index contributed by atoms with van der Waals surface area (Å²) in [6.07, 6.45) is 12.6. The minimum atomic E-state index is -0.554. The number of benzene rings is 1. The van der Waals surface area contributed by atoms with E-state index >= 15 is 0 Å². The van der Waals surface area contributed by atoms with Crippen molar-refractivity contribution in [3.05, 3.63) is 34.9 Å². The van der Waals surface area contributed by atoms with Crippen molar-refractivity contribution in [2.24, 2.45) is 0 Å². The average Bonchev–Trinajstić information content (AvgIpc) is 3.07. The van der Waals surface area contributed by atoms with Crippen molar-refractivity contribution in [2.75, 3.05) is 0 Å². The molecule has 2 aliphatic heterocycles. The predicted molar refractivity (Wildman–Crippen MR) is 114 cm³/mol. The molecule has 30 heavy (non-hydrogen) atoms. The van der Waals surface area contributed by atoms with Gasteiger partial charge in [0.2, 0.25) is 11.8 Å². The first kappa shape index (κ1) is 22.2. The molecule has 6 nitrogen and oxygen atoms in total.